The molecule has 0 aromatic heterocycles. The van der Waals surface area contributed by atoms with Gasteiger partial charge < -0.3 is 48.1 Å². The van der Waals surface area contributed by atoms with Crippen LogP contribution in [0.3, 0.4) is 0 Å². The van der Waals surface area contributed by atoms with Gasteiger partial charge in [0.25, 0.3) is 0 Å². The molecule has 10 nitrogen and oxygen atoms in total. The molecule has 2 saturated heterocycles. The van der Waals surface area contributed by atoms with E-state index in [4.69, 9.17) is 37.9 Å². The molecule has 0 aliphatic carbocycles. The molecule has 2 fully saturated rings. The fourth-order valence-corrected chi connectivity index (χ4v) is 4.84. The van der Waals surface area contributed by atoms with E-state index in [1.54, 1.807) is 28.1 Å². The Balaban J connectivity index is 1.75. The number of hydrogen-bond acceptors (Lipinski definition) is 10. The molecule has 0 unspecified atom stereocenters. The van der Waals surface area contributed by atoms with Gasteiger partial charge in [-0.05, 0) is 49.2 Å². The molecular formula is C26H30O10. The third-order valence-corrected chi connectivity index (χ3v) is 6.40. The van der Waals surface area contributed by atoms with E-state index >= 15 is 0 Å². The summed E-state index contributed by atoms with van der Waals surface area (Å²) in [7, 11) is 4.62. The highest BCUT2D eigenvalue weighted by molar-refractivity contribution is 5.85. The van der Waals surface area contributed by atoms with Crippen LogP contribution in [0.15, 0.2) is 36.1 Å². The molecule has 3 aliphatic heterocycles. The van der Waals surface area contributed by atoms with Crippen LogP contribution >= 0.6 is 0 Å². The van der Waals surface area contributed by atoms with Gasteiger partial charge in [0.1, 0.15) is 24.1 Å². The van der Waals surface area contributed by atoms with E-state index < -0.39 is 36.8 Å². The molecule has 4 atom stereocenters. The van der Waals surface area contributed by atoms with Gasteiger partial charge in [-0.2, -0.15) is 0 Å². The minimum atomic E-state index is -1.18. The number of ether oxygens (including phenoxy) is 8. The summed E-state index contributed by atoms with van der Waals surface area (Å²) < 4.78 is 46.5. The normalized spacial score (nSPS) is 25.7. The van der Waals surface area contributed by atoms with Gasteiger partial charge in [0.05, 0.1) is 27.9 Å². The van der Waals surface area contributed by atoms with Crippen LogP contribution in [0, 0.1) is 0 Å². The topological polar surface area (TPSA) is 114 Å². The second-order valence-electron chi connectivity index (χ2n) is 9.07. The third kappa shape index (κ3) is 4.09. The van der Waals surface area contributed by atoms with E-state index in [-0.39, 0.29) is 6.79 Å². The van der Waals surface area contributed by atoms with E-state index in [9.17, 15) is 10.2 Å². The predicted molar refractivity (Wildman–Crippen MR) is 126 cm³/mol. The number of aliphatic hydroxyl groups is 2. The third-order valence-electron chi connectivity index (χ3n) is 6.40. The average molecular weight is 503 g/mol. The summed E-state index contributed by atoms with van der Waals surface area (Å²) in [6.45, 7) is 3.23. The molecular weight excluding hydrogens is 472 g/mol. The summed E-state index contributed by atoms with van der Waals surface area (Å²) in [6.07, 6.45) is -3.30. The lowest BCUT2D eigenvalue weighted by atomic mass is 9.93. The molecule has 2 aromatic rings. The predicted octanol–water partition coefficient (Wildman–Crippen LogP) is 2.47. The van der Waals surface area contributed by atoms with Crippen molar-refractivity contribution in [3.8, 4) is 28.7 Å². The van der Waals surface area contributed by atoms with Crippen molar-refractivity contribution in [2.24, 2.45) is 0 Å². The minimum Gasteiger partial charge on any atom is -0.493 e. The molecule has 36 heavy (non-hydrogen) atoms. The molecule has 0 bridgehead atoms. The Morgan fingerprint density at radius 3 is 2.31 bits per heavy atom. The first-order valence-corrected chi connectivity index (χ1v) is 11.6. The van der Waals surface area contributed by atoms with Crippen molar-refractivity contribution in [3.63, 3.8) is 0 Å². The summed E-state index contributed by atoms with van der Waals surface area (Å²) in [5.74, 6) is 2.09. The summed E-state index contributed by atoms with van der Waals surface area (Å²) in [6, 6.07) is 9.17. The molecule has 3 heterocycles. The highest BCUT2D eigenvalue weighted by atomic mass is 16.8. The molecule has 10 heteroatoms. The van der Waals surface area contributed by atoms with Crippen molar-refractivity contribution < 1.29 is 48.1 Å². The van der Waals surface area contributed by atoms with Crippen LogP contribution in [0.5, 0.6) is 28.7 Å². The zero-order valence-corrected chi connectivity index (χ0v) is 20.8. The SMILES string of the molecule is COc1cc(/C(=C2\O[C@@H]([C@H](O)CO)[C@H]3OC(C)(C)O[C@@H]23)c2ccc3c(c2)OCO3)cc(OC)c1OC. The van der Waals surface area contributed by atoms with Crippen LogP contribution in [0.1, 0.15) is 25.0 Å². The summed E-state index contributed by atoms with van der Waals surface area (Å²) in [4.78, 5) is 0. The fraction of sp³-hybridized carbons (Fsp3) is 0.462. The van der Waals surface area contributed by atoms with Crippen molar-refractivity contribution in [2.75, 3.05) is 34.7 Å². The number of aliphatic hydroxyl groups excluding tert-OH is 2. The summed E-state index contributed by atoms with van der Waals surface area (Å²) in [5, 5.41) is 20.2. The maximum absolute atomic E-state index is 10.5. The molecule has 0 spiro atoms. The van der Waals surface area contributed by atoms with Crippen molar-refractivity contribution in [2.45, 2.75) is 44.1 Å². The van der Waals surface area contributed by atoms with E-state index in [1.165, 1.54) is 7.11 Å². The molecule has 0 amide bonds. The maximum Gasteiger partial charge on any atom is 0.231 e. The Bertz CT molecular complexity index is 1150. The largest absolute Gasteiger partial charge is 0.493 e. The second-order valence-corrected chi connectivity index (χ2v) is 9.07. The number of fused-ring (bicyclic) bond motifs is 2. The van der Waals surface area contributed by atoms with Gasteiger partial charge in [0.2, 0.25) is 12.5 Å². The fourth-order valence-electron chi connectivity index (χ4n) is 4.84. The lowest BCUT2D eigenvalue weighted by molar-refractivity contribution is -0.176. The van der Waals surface area contributed by atoms with Crippen LogP contribution in [-0.4, -0.2) is 75.1 Å². The first kappa shape index (κ1) is 24.5. The standard InChI is InChI=1S/C26H30O10/c1-26(2)35-24-21(15(28)11-27)34-23(25(24)36-26)20(13-6-7-16-17(8-13)33-12-32-16)14-9-18(29-3)22(31-5)19(10-14)30-4/h6-10,15,21,24-25,27-28H,11-12H2,1-5H3/b23-20-/t15-,21+,24-,25+/m1/s1. The molecule has 194 valence electrons. The summed E-state index contributed by atoms with van der Waals surface area (Å²) >= 11 is 0. The van der Waals surface area contributed by atoms with Crippen molar-refractivity contribution in [1.82, 2.24) is 0 Å². The molecule has 0 saturated carbocycles. The molecule has 0 radical (unpaired) electrons. The Morgan fingerprint density at radius 1 is 0.972 bits per heavy atom. The van der Waals surface area contributed by atoms with Crippen LogP contribution < -0.4 is 23.7 Å². The lowest BCUT2D eigenvalue weighted by Crippen LogP contribution is -2.40. The van der Waals surface area contributed by atoms with E-state index in [1.807, 2.05) is 30.3 Å². The Kier molecular flexibility index (Phi) is 6.37. The van der Waals surface area contributed by atoms with Crippen molar-refractivity contribution >= 4 is 5.57 Å². The van der Waals surface area contributed by atoms with E-state index in [0.29, 0.717) is 45.6 Å². The maximum atomic E-state index is 10.5. The van der Waals surface area contributed by atoms with Crippen LogP contribution in [-0.2, 0) is 14.2 Å². The molecule has 3 aliphatic rings. The van der Waals surface area contributed by atoms with Crippen LogP contribution in [0.4, 0.5) is 0 Å². The average Bonchev–Trinajstić information content (AvgIpc) is 3.56. The van der Waals surface area contributed by atoms with Crippen LogP contribution in [0.25, 0.3) is 5.57 Å². The zero-order chi connectivity index (χ0) is 25.6. The van der Waals surface area contributed by atoms with Crippen molar-refractivity contribution in [3.05, 3.63) is 47.2 Å². The molecule has 2 aromatic carbocycles. The second kappa shape index (κ2) is 9.36. The monoisotopic (exact) mass is 502 g/mol. The van der Waals surface area contributed by atoms with E-state index in [2.05, 4.69) is 0 Å². The van der Waals surface area contributed by atoms with Gasteiger partial charge in [-0.3, -0.25) is 0 Å². The van der Waals surface area contributed by atoms with Crippen LogP contribution in [0.2, 0.25) is 0 Å². The Hall–Kier alpha value is -3.18. The quantitative estimate of drug-likeness (QED) is 0.585. The highest BCUT2D eigenvalue weighted by Gasteiger charge is 2.56. The number of rotatable bonds is 7. The molecule has 2 N–H and O–H groups in total. The van der Waals surface area contributed by atoms with Gasteiger partial charge in [-0.1, -0.05) is 6.07 Å². The van der Waals surface area contributed by atoms with Gasteiger partial charge in [0, 0.05) is 5.57 Å². The van der Waals surface area contributed by atoms with Gasteiger partial charge in [-0.25, -0.2) is 0 Å². The first-order chi connectivity index (χ1) is 17.3. The number of methoxy groups -OCH3 is 3. The number of hydrogen-bond donors (Lipinski definition) is 2. The Labute approximate surface area is 208 Å². The lowest BCUT2D eigenvalue weighted by Gasteiger charge is -2.25. The van der Waals surface area contributed by atoms with E-state index in [0.717, 1.165) is 5.56 Å². The molecule has 5 rings (SSSR count). The van der Waals surface area contributed by atoms with Gasteiger partial charge in [-0.15, -0.1) is 0 Å². The first-order valence-electron chi connectivity index (χ1n) is 11.6. The highest BCUT2D eigenvalue weighted by Crippen LogP contribution is 2.49. The zero-order valence-electron chi connectivity index (χ0n) is 20.8. The summed E-state index contributed by atoms with van der Waals surface area (Å²) in [5.41, 5.74) is 2.08. The number of benzene rings is 2. The smallest absolute Gasteiger partial charge is 0.231 e. The van der Waals surface area contributed by atoms with Crippen molar-refractivity contribution in [1.29, 1.82) is 0 Å². The minimum absolute atomic E-state index is 0.131. The van der Waals surface area contributed by atoms with Gasteiger partial charge >= 0.3 is 0 Å². The van der Waals surface area contributed by atoms with Gasteiger partial charge in [0.15, 0.2) is 34.9 Å². The Morgan fingerprint density at radius 2 is 1.67 bits per heavy atom.